The molecule has 0 unspecified atom stereocenters. The topological polar surface area (TPSA) is 73.0 Å². The van der Waals surface area contributed by atoms with Crippen LogP contribution in [-0.4, -0.2) is 20.5 Å². The lowest BCUT2D eigenvalue weighted by Gasteiger charge is -2.34. The summed E-state index contributed by atoms with van der Waals surface area (Å²) in [4.78, 5) is 17.4. The highest BCUT2D eigenvalue weighted by molar-refractivity contribution is 6.31. The largest absolute Gasteiger partial charge is 0.469 e. The summed E-state index contributed by atoms with van der Waals surface area (Å²) in [7, 11) is 0. The first kappa shape index (κ1) is 15.4. The standard InChI is InChI=1S/C19H15ClN4O2/c20-13-5-2-1-4-12(13)18-17-14(23-19-21-10-22-24(18)19)8-11(9-15(17)25)16-6-3-7-26-16/h1-7,10-11,18H,8-9H2,(H,21,22,23)/t11-,18-/m1/s1. The van der Waals surface area contributed by atoms with E-state index in [1.54, 1.807) is 10.9 Å². The molecule has 130 valence electrons. The van der Waals surface area contributed by atoms with Gasteiger partial charge in [0.1, 0.15) is 18.1 Å². The van der Waals surface area contributed by atoms with Gasteiger partial charge in [0.2, 0.25) is 5.95 Å². The predicted molar refractivity (Wildman–Crippen MR) is 96.0 cm³/mol. The van der Waals surface area contributed by atoms with E-state index in [0.29, 0.717) is 29.4 Å². The van der Waals surface area contributed by atoms with Crippen LogP contribution in [0.3, 0.4) is 0 Å². The van der Waals surface area contributed by atoms with Crippen LogP contribution in [0.2, 0.25) is 5.02 Å². The van der Waals surface area contributed by atoms with Crippen molar-refractivity contribution in [2.45, 2.75) is 24.8 Å². The lowest BCUT2D eigenvalue weighted by atomic mass is 9.79. The fourth-order valence-corrected chi connectivity index (χ4v) is 4.10. The van der Waals surface area contributed by atoms with Gasteiger partial charge in [-0.25, -0.2) is 4.68 Å². The number of nitrogens with zero attached hydrogens (tertiary/aromatic N) is 3. The summed E-state index contributed by atoms with van der Waals surface area (Å²) in [6, 6.07) is 10.9. The Bertz CT molecular complexity index is 1020. The SMILES string of the molecule is O=C1C[C@H](c2ccco2)CC2=C1[C@@H](c1ccccc1Cl)n1ncnc1N2. The van der Waals surface area contributed by atoms with E-state index in [1.807, 2.05) is 36.4 Å². The van der Waals surface area contributed by atoms with Crippen LogP contribution in [0.25, 0.3) is 0 Å². The molecule has 0 saturated carbocycles. The van der Waals surface area contributed by atoms with Crippen molar-refractivity contribution in [2.75, 3.05) is 5.32 Å². The Morgan fingerprint density at radius 1 is 1.19 bits per heavy atom. The Morgan fingerprint density at radius 3 is 2.88 bits per heavy atom. The van der Waals surface area contributed by atoms with Crippen molar-refractivity contribution in [1.82, 2.24) is 14.8 Å². The highest BCUT2D eigenvalue weighted by Crippen LogP contribution is 2.44. The van der Waals surface area contributed by atoms with Crippen LogP contribution in [0.5, 0.6) is 0 Å². The molecule has 1 aliphatic heterocycles. The van der Waals surface area contributed by atoms with Gasteiger partial charge in [0.25, 0.3) is 0 Å². The first-order chi connectivity index (χ1) is 12.7. The molecule has 3 aromatic rings. The van der Waals surface area contributed by atoms with Crippen molar-refractivity contribution in [3.05, 3.63) is 76.6 Å². The predicted octanol–water partition coefficient (Wildman–Crippen LogP) is 3.94. The van der Waals surface area contributed by atoms with Crippen LogP contribution in [-0.2, 0) is 4.79 Å². The number of ketones is 1. The van der Waals surface area contributed by atoms with Crippen molar-refractivity contribution in [1.29, 1.82) is 0 Å². The average molecular weight is 367 g/mol. The fraction of sp³-hybridized carbons (Fsp3) is 0.211. The Morgan fingerprint density at radius 2 is 2.08 bits per heavy atom. The molecule has 1 aromatic carbocycles. The van der Waals surface area contributed by atoms with Crippen molar-refractivity contribution in [3.63, 3.8) is 0 Å². The number of fused-ring (bicyclic) bond motifs is 1. The summed E-state index contributed by atoms with van der Waals surface area (Å²) < 4.78 is 7.26. The Balaban J connectivity index is 1.65. The van der Waals surface area contributed by atoms with Crippen LogP contribution in [0.1, 0.15) is 36.1 Å². The molecule has 7 heteroatoms. The van der Waals surface area contributed by atoms with Crippen molar-refractivity contribution in [2.24, 2.45) is 0 Å². The molecule has 0 bridgehead atoms. The molecule has 0 saturated heterocycles. The third-order valence-electron chi connectivity index (χ3n) is 5.01. The molecule has 2 aromatic heterocycles. The number of aromatic nitrogens is 3. The average Bonchev–Trinajstić information content (AvgIpc) is 3.32. The first-order valence-electron chi connectivity index (χ1n) is 8.43. The van der Waals surface area contributed by atoms with Gasteiger partial charge in [-0.05, 0) is 24.6 Å². The maximum Gasteiger partial charge on any atom is 0.226 e. The van der Waals surface area contributed by atoms with Gasteiger partial charge in [-0.2, -0.15) is 10.1 Å². The number of carbonyl (C=O) groups is 1. The van der Waals surface area contributed by atoms with E-state index in [1.165, 1.54) is 6.33 Å². The number of benzene rings is 1. The smallest absolute Gasteiger partial charge is 0.226 e. The van der Waals surface area contributed by atoms with Gasteiger partial charge in [-0.15, -0.1) is 0 Å². The summed E-state index contributed by atoms with van der Waals surface area (Å²) in [5.41, 5.74) is 2.42. The second-order valence-electron chi connectivity index (χ2n) is 6.51. The number of hydrogen-bond donors (Lipinski definition) is 1. The molecule has 6 nitrogen and oxygen atoms in total. The van der Waals surface area contributed by atoms with Gasteiger partial charge >= 0.3 is 0 Å². The number of anilines is 1. The van der Waals surface area contributed by atoms with Gasteiger partial charge < -0.3 is 9.73 Å². The lowest BCUT2D eigenvalue weighted by Crippen LogP contribution is -2.33. The van der Waals surface area contributed by atoms with Crippen molar-refractivity contribution >= 4 is 23.3 Å². The van der Waals surface area contributed by atoms with E-state index in [-0.39, 0.29) is 17.7 Å². The summed E-state index contributed by atoms with van der Waals surface area (Å²) in [6.07, 6.45) is 4.21. The molecule has 1 N–H and O–H groups in total. The quantitative estimate of drug-likeness (QED) is 0.743. The van der Waals surface area contributed by atoms with Gasteiger partial charge in [0, 0.05) is 34.2 Å². The number of carbonyl (C=O) groups excluding carboxylic acids is 1. The Labute approximate surface area is 154 Å². The highest BCUT2D eigenvalue weighted by Gasteiger charge is 2.40. The fourth-order valence-electron chi connectivity index (χ4n) is 3.86. The number of furan rings is 1. The van der Waals surface area contributed by atoms with Crippen LogP contribution in [0, 0.1) is 0 Å². The minimum absolute atomic E-state index is 0.0186. The van der Waals surface area contributed by atoms with E-state index >= 15 is 0 Å². The van der Waals surface area contributed by atoms with E-state index in [4.69, 9.17) is 16.0 Å². The number of halogens is 1. The summed E-state index contributed by atoms with van der Waals surface area (Å²) in [5.74, 6) is 1.53. The van der Waals surface area contributed by atoms with Crippen LogP contribution in [0.15, 0.2) is 64.7 Å². The molecule has 0 spiro atoms. The summed E-state index contributed by atoms with van der Waals surface area (Å²) in [6.45, 7) is 0. The molecular formula is C19H15ClN4O2. The molecule has 0 amide bonds. The van der Waals surface area contributed by atoms with E-state index in [0.717, 1.165) is 17.0 Å². The monoisotopic (exact) mass is 366 g/mol. The normalized spacial score (nSPS) is 22.0. The maximum atomic E-state index is 13.1. The summed E-state index contributed by atoms with van der Waals surface area (Å²) in [5, 5.41) is 8.22. The number of nitrogens with one attached hydrogen (secondary N) is 1. The minimum Gasteiger partial charge on any atom is -0.469 e. The Kier molecular flexibility index (Phi) is 3.46. The number of hydrogen-bond acceptors (Lipinski definition) is 5. The van der Waals surface area contributed by atoms with Crippen LogP contribution < -0.4 is 5.32 Å². The zero-order valence-electron chi connectivity index (χ0n) is 13.7. The molecule has 1 aliphatic carbocycles. The third kappa shape index (κ3) is 2.29. The minimum atomic E-state index is -0.373. The van der Waals surface area contributed by atoms with E-state index < -0.39 is 0 Å². The zero-order valence-corrected chi connectivity index (χ0v) is 14.5. The van der Waals surface area contributed by atoms with Crippen LogP contribution in [0.4, 0.5) is 5.95 Å². The molecule has 2 atom stereocenters. The Hall–Kier alpha value is -2.86. The third-order valence-corrected chi connectivity index (χ3v) is 5.35. The second-order valence-corrected chi connectivity index (χ2v) is 6.92. The molecule has 5 rings (SSSR count). The lowest BCUT2D eigenvalue weighted by molar-refractivity contribution is -0.117. The zero-order chi connectivity index (χ0) is 17.7. The molecular weight excluding hydrogens is 352 g/mol. The van der Waals surface area contributed by atoms with Crippen LogP contribution >= 0.6 is 11.6 Å². The van der Waals surface area contributed by atoms with Crippen molar-refractivity contribution in [3.8, 4) is 0 Å². The highest BCUT2D eigenvalue weighted by atomic mass is 35.5. The number of allylic oxidation sites excluding steroid dienone is 2. The number of Topliss-reactive ketones (excluding diaryl/α,β-unsaturated/α-hetero) is 1. The summed E-state index contributed by atoms with van der Waals surface area (Å²) >= 11 is 6.45. The van der Waals surface area contributed by atoms with Gasteiger partial charge in [0.05, 0.1) is 6.26 Å². The maximum absolute atomic E-state index is 13.1. The van der Waals surface area contributed by atoms with E-state index in [2.05, 4.69) is 15.4 Å². The number of rotatable bonds is 2. The molecule has 3 heterocycles. The molecule has 0 radical (unpaired) electrons. The second kappa shape index (κ2) is 5.85. The van der Waals surface area contributed by atoms with E-state index in [9.17, 15) is 4.79 Å². The first-order valence-corrected chi connectivity index (χ1v) is 8.81. The van der Waals surface area contributed by atoms with Crippen molar-refractivity contribution < 1.29 is 9.21 Å². The molecule has 0 fully saturated rings. The molecule has 26 heavy (non-hydrogen) atoms. The molecule has 2 aliphatic rings. The van der Waals surface area contributed by atoms with Gasteiger partial charge in [-0.3, -0.25) is 4.79 Å². The van der Waals surface area contributed by atoms with Gasteiger partial charge in [-0.1, -0.05) is 29.8 Å². The van der Waals surface area contributed by atoms with Gasteiger partial charge in [0.15, 0.2) is 5.78 Å².